The predicted octanol–water partition coefficient (Wildman–Crippen LogP) is 4.47. The van der Waals surface area contributed by atoms with Crippen molar-refractivity contribution in [2.24, 2.45) is 11.8 Å². The Morgan fingerprint density at radius 2 is 1.64 bits per heavy atom. The van der Waals surface area contributed by atoms with Crippen LogP contribution < -0.4 is 10.2 Å². The van der Waals surface area contributed by atoms with Gasteiger partial charge < -0.3 is 20.0 Å². The first-order chi connectivity index (χ1) is 19.8. The zero-order valence-electron chi connectivity index (χ0n) is 22.8. The molecular weight excluding hydrogens is 568 g/mol. The third-order valence-corrected chi connectivity index (χ3v) is 8.74. The van der Waals surface area contributed by atoms with E-state index in [1.54, 1.807) is 4.90 Å². The van der Waals surface area contributed by atoms with Crippen LogP contribution in [0.25, 0.3) is 0 Å². The molecule has 230 valence electrons. The summed E-state index contributed by atoms with van der Waals surface area (Å²) in [6.45, 7) is 4.99. The van der Waals surface area contributed by atoms with Crippen LogP contribution in [0.3, 0.4) is 0 Å². The lowest BCUT2D eigenvalue weighted by atomic mass is 9.97. The molecular formula is C28H33F6N5O3. The second kappa shape index (κ2) is 11.9. The van der Waals surface area contributed by atoms with Gasteiger partial charge in [0.1, 0.15) is 5.57 Å². The molecule has 1 aromatic rings. The van der Waals surface area contributed by atoms with Crippen molar-refractivity contribution in [3.63, 3.8) is 0 Å². The van der Waals surface area contributed by atoms with Crippen LogP contribution in [0.15, 0.2) is 47.7 Å². The molecule has 3 fully saturated rings. The van der Waals surface area contributed by atoms with Crippen molar-refractivity contribution < 1.29 is 36.1 Å². The summed E-state index contributed by atoms with van der Waals surface area (Å²) < 4.78 is 78.5. The molecule has 4 atom stereocenters. The van der Waals surface area contributed by atoms with Crippen molar-refractivity contribution in [2.75, 3.05) is 50.7 Å². The van der Waals surface area contributed by atoms with E-state index >= 15 is 0 Å². The number of alkyl halides is 6. The smallest absolute Gasteiger partial charge is 0.371 e. The number of fused-ring (bicyclic) bond motifs is 1. The minimum absolute atomic E-state index is 0.00197. The summed E-state index contributed by atoms with van der Waals surface area (Å²) in [6.07, 6.45) is -5.74. The highest BCUT2D eigenvalue weighted by atomic mass is 19.4. The van der Waals surface area contributed by atoms with Gasteiger partial charge in [0.05, 0.1) is 10.5 Å². The normalized spacial score (nSPS) is 26.8. The van der Waals surface area contributed by atoms with E-state index in [0.717, 1.165) is 56.6 Å². The highest BCUT2D eigenvalue weighted by Gasteiger charge is 2.43. The predicted molar refractivity (Wildman–Crippen MR) is 142 cm³/mol. The summed E-state index contributed by atoms with van der Waals surface area (Å²) in [4.78, 5) is 29.0. The van der Waals surface area contributed by atoms with E-state index in [4.69, 9.17) is 0 Å². The standard InChI is InChI=1S/C28H33F6N5O3/c29-27(30,31)20-3-6-23(7-4-20)38-15-18-13-36(14-19(18)16-38)10-1-2-26(40)37-11-9-22(17-37)35-21-5-8-25(39(41)42)24(12-21)28(32,33)34/h3-8,18-19,21-22,35H,1-2,9-17H2/t18?,19?,21?,22-/m0/s1. The van der Waals surface area contributed by atoms with Crippen LogP contribution in [0.5, 0.6) is 0 Å². The van der Waals surface area contributed by atoms with Crippen molar-refractivity contribution >= 4 is 11.6 Å². The molecule has 42 heavy (non-hydrogen) atoms. The molecule has 1 N–H and O–H groups in total. The Morgan fingerprint density at radius 3 is 2.24 bits per heavy atom. The van der Waals surface area contributed by atoms with Crippen LogP contribution >= 0.6 is 0 Å². The van der Waals surface area contributed by atoms with Gasteiger partial charge in [0.2, 0.25) is 5.91 Å². The van der Waals surface area contributed by atoms with E-state index in [1.807, 2.05) is 0 Å². The summed E-state index contributed by atoms with van der Waals surface area (Å²) in [7, 11) is 0. The number of rotatable bonds is 8. The van der Waals surface area contributed by atoms with E-state index in [0.29, 0.717) is 44.2 Å². The molecule has 1 amide bonds. The second-order valence-electron chi connectivity index (χ2n) is 11.6. The van der Waals surface area contributed by atoms with Crippen molar-refractivity contribution in [2.45, 2.75) is 50.1 Å². The number of hydrogen-bond acceptors (Lipinski definition) is 6. The van der Waals surface area contributed by atoms with Crippen LogP contribution in [0.2, 0.25) is 0 Å². The molecule has 1 aromatic carbocycles. The molecule has 3 aliphatic heterocycles. The molecule has 3 saturated heterocycles. The number of nitrogens with one attached hydrogen (secondary N) is 1. The molecule has 5 rings (SSSR count). The van der Waals surface area contributed by atoms with E-state index in [9.17, 15) is 41.3 Å². The molecule has 0 spiro atoms. The van der Waals surface area contributed by atoms with Crippen molar-refractivity contribution in [1.29, 1.82) is 0 Å². The fourth-order valence-corrected chi connectivity index (χ4v) is 6.63. The maximum atomic E-state index is 13.3. The summed E-state index contributed by atoms with van der Waals surface area (Å²) >= 11 is 0. The highest BCUT2D eigenvalue weighted by Crippen LogP contribution is 2.37. The number of allylic oxidation sites excluding steroid dienone is 1. The van der Waals surface area contributed by atoms with E-state index in [1.165, 1.54) is 18.2 Å². The van der Waals surface area contributed by atoms with Crippen LogP contribution in [-0.2, 0) is 11.0 Å². The fourth-order valence-electron chi connectivity index (χ4n) is 6.63. The first-order valence-corrected chi connectivity index (χ1v) is 14.1. The zero-order chi connectivity index (χ0) is 30.2. The lowest BCUT2D eigenvalue weighted by molar-refractivity contribution is -0.422. The number of benzene rings is 1. The lowest BCUT2D eigenvalue weighted by Crippen LogP contribution is -2.42. The number of likely N-dealkylation sites (tertiary alicyclic amines) is 2. The number of halogens is 6. The number of carbonyl (C=O) groups is 1. The zero-order valence-corrected chi connectivity index (χ0v) is 22.8. The first kappa shape index (κ1) is 30.3. The molecule has 3 unspecified atom stereocenters. The van der Waals surface area contributed by atoms with Gasteiger partial charge in [0, 0.05) is 76.0 Å². The maximum Gasteiger partial charge on any atom is 0.419 e. The minimum atomic E-state index is -4.79. The summed E-state index contributed by atoms with van der Waals surface area (Å²) in [5, 5.41) is 14.1. The number of amides is 1. The Morgan fingerprint density at radius 1 is 0.976 bits per heavy atom. The lowest BCUT2D eigenvalue weighted by Gasteiger charge is -2.25. The average Bonchev–Trinajstić information content (AvgIpc) is 3.63. The molecule has 0 radical (unpaired) electrons. The molecule has 14 heteroatoms. The highest BCUT2D eigenvalue weighted by molar-refractivity contribution is 5.76. The quantitative estimate of drug-likeness (QED) is 0.269. The van der Waals surface area contributed by atoms with E-state index in [-0.39, 0.29) is 11.9 Å². The van der Waals surface area contributed by atoms with E-state index in [2.05, 4.69) is 15.1 Å². The molecule has 8 nitrogen and oxygen atoms in total. The largest absolute Gasteiger partial charge is 0.419 e. The number of nitro groups is 1. The fraction of sp³-hybridized carbons (Fsp3) is 0.607. The number of anilines is 1. The number of carbonyl (C=O) groups excluding carboxylic acids is 1. The Labute approximate surface area is 239 Å². The van der Waals surface area contributed by atoms with Gasteiger partial charge in [-0.15, -0.1) is 0 Å². The van der Waals surface area contributed by atoms with Gasteiger partial charge in [0.25, 0.3) is 5.70 Å². The molecule has 3 heterocycles. The Balaban J connectivity index is 1.01. The van der Waals surface area contributed by atoms with Crippen LogP contribution in [0, 0.1) is 22.0 Å². The van der Waals surface area contributed by atoms with Gasteiger partial charge >= 0.3 is 12.4 Å². The van der Waals surface area contributed by atoms with Gasteiger partial charge in [-0.25, -0.2) is 0 Å². The summed E-state index contributed by atoms with van der Waals surface area (Å²) in [5.41, 5.74) is -1.94. The Kier molecular flexibility index (Phi) is 8.57. The topological polar surface area (TPSA) is 82.0 Å². The summed E-state index contributed by atoms with van der Waals surface area (Å²) in [5.74, 6) is 0.852. The Bertz CT molecular complexity index is 1220. The molecule has 0 bridgehead atoms. The monoisotopic (exact) mass is 601 g/mol. The first-order valence-electron chi connectivity index (χ1n) is 14.1. The van der Waals surface area contributed by atoms with Crippen LogP contribution in [0.4, 0.5) is 32.0 Å². The molecule has 1 aliphatic carbocycles. The SMILES string of the molecule is O=C(CCCN1CC2CN(c3ccc(C(F)(F)F)cc3)CC2C1)N1CC[C@H](NC2C=CC([N+](=O)[O-])=C(C(F)(F)F)C2)C1. The average molecular weight is 602 g/mol. The van der Waals surface area contributed by atoms with Crippen LogP contribution in [-0.4, -0.2) is 84.7 Å². The van der Waals surface area contributed by atoms with Gasteiger partial charge in [0.15, 0.2) is 0 Å². The number of nitrogens with zero attached hydrogens (tertiary/aromatic N) is 4. The van der Waals surface area contributed by atoms with Crippen molar-refractivity contribution in [1.82, 2.24) is 15.1 Å². The van der Waals surface area contributed by atoms with Crippen molar-refractivity contribution in [3.8, 4) is 0 Å². The molecule has 4 aliphatic rings. The summed E-state index contributed by atoms with van der Waals surface area (Å²) in [6, 6.07) is 4.40. The van der Waals surface area contributed by atoms with Crippen molar-refractivity contribution in [3.05, 3.63) is 63.4 Å². The van der Waals surface area contributed by atoms with Gasteiger partial charge in [-0.1, -0.05) is 6.08 Å². The van der Waals surface area contributed by atoms with E-state index < -0.39 is 46.6 Å². The van der Waals surface area contributed by atoms with Gasteiger partial charge in [-0.3, -0.25) is 14.9 Å². The molecule has 0 aromatic heterocycles. The van der Waals surface area contributed by atoms with Gasteiger partial charge in [-0.05, 0) is 55.5 Å². The second-order valence-corrected chi connectivity index (χ2v) is 11.6. The van der Waals surface area contributed by atoms with Crippen LogP contribution in [0.1, 0.15) is 31.2 Å². The van der Waals surface area contributed by atoms with Gasteiger partial charge in [-0.2, -0.15) is 26.3 Å². The molecule has 0 saturated carbocycles. The third kappa shape index (κ3) is 6.91. The minimum Gasteiger partial charge on any atom is -0.371 e. The third-order valence-electron chi connectivity index (χ3n) is 8.74. The Hall–Kier alpha value is -3.13. The maximum absolute atomic E-state index is 13.3. The number of hydrogen-bond donors (Lipinski definition) is 1.